The van der Waals surface area contributed by atoms with Crippen LogP contribution in [0.3, 0.4) is 0 Å². The molecule has 1 fully saturated rings. The van der Waals surface area contributed by atoms with Gasteiger partial charge in [0.05, 0.1) is 0 Å². The first kappa shape index (κ1) is 18.8. The van der Waals surface area contributed by atoms with Crippen LogP contribution < -0.4 is 5.32 Å². The van der Waals surface area contributed by atoms with Gasteiger partial charge in [-0.3, -0.25) is 9.59 Å². The molecule has 0 aliphatic heterocycles. The molecule has 24 heavy (non-hydrogen) atoms. The molecule has 0 spiro atoms. The number of hydrogen-bond acceptors (Lipinski definition) is 2. The molecule has 1 aliphatic carbocycles. The number of benzene rings is 1. The van der Waals surface area contributed by atoms with Gasteiger partial charge >= 0.3 is 0 Å². The van der Waals surface area contributed by atoms with Gasteiger partial charge in [0.2, 0.25) is 11.8 Å². The molecule has 5 heteroatoms. The SMILES string of the molecule is CCC(=O)N(Cc1ccccc1Cl)[C@@H](CC)C(=O)NC1CCCC1. The maximum absolute atomic E-state index is 12.7. The summed E-state index contributed by atoms with van der Waals surface area (Å²) in [4.78, 5) is 26.9. The number of nitrogens with zero attached hydrogens (tertiary/aromatic N) is 1. The van der Waals surface area contributed by atoms with Crippen LogP contribution in [0, 0.1) is 0 Å². The number of rotatable bonds is 7. The Morgan fingerprint density at radius 3 is 2.50 bits per heavy atom. The zero-order valence-electron chi connectivity index (χ0n) is 14.6. The quantitative estimate of drug-likeness (QED) is 0.810. The predicted molar refractivity (Wildman–Crippen MR) is 96.8 cm³/mol. The predicted octanol–water partition coefficient (Wildman–Crippen LogP) is 3.92. The summed E-state index contributed by atoms with van der Waals surface area (Å²) >= 11 is 6.24. The van der Waals surface area contributed by atoms with E-state index < -0.39 is 6.04 Å². The fourth-order valence-electron chi connectivity index (χ4n) is 3.30. The Bertz CT molecular complexity index is 570. The standard InChI is InChI=1S/C19H27ClN2O2/c1-3-17(19(24)21-15-10-6-7-11-15)22(18(23)4-2)13-14-9-5-8-12-16(14)20/h5,8-9,12,15,17H,3-4,6-7,10-11,13H2,1-2H3,(H,21,24)/t17-/m0/s1. The van der Waals surface area contributed by atoms with Gasteiger partial charge in [0.1, 0.15) is 6.04 Å². The van der Waals surface area contributed by atoms with E-state index in [0.717, 1.165) is 18.4 Å². The number of nitrogens with one attached hydrogen (secondary N) is 1. The highest BCUT2D eigenvalue weighted by Gasteiger charge is 2.30. The normalized spacial score (nSPS) is 16.0. The fourth-order valence-corrected chi connectivity index (χ4v) is 3.50. The van der Waals surface area contributed by atoms with Crippen LogP contribution in [-0.4, -0.2) is 28.8 Å². The highest BCUT2D eigenvalue weighted by atomic mass is 35.5. The molecular weight excluding hydrogens is 324 g/mol. The molecule has 0 unspecified atom stereocenters. The molecule has 0 heterocycles. The maximum Gasteiger partial charge on any atom is 0.243 e. The van der Waals surface area contributed by atoms with Crippen LogP contribution in [0.5, 0.6) is 0 Å². The molecule has 1 aliphatic rings. The molecule has 1 saturated carbocycles. The van der Waals surface area contributed by atoms with Crippen LogP contribution in [0.1, 0.15) is 57.9 Å². The van der Waals surface area contributed by atoms with E-state index in [1.165, 1.54) is 12.8 Å². The third-order valence-electron chi connectivity index (χ3n) is 4.69. The van der Waals surface area contributed by atoms with E-state index in [9.17, 15) is 9.59 Å². The molecule has 1 aromatic rings. The smallest absolute Gasteiger partial charge is 0.243 e. The first-order valence-electron chi connectivity index (χ1n) is 8.90. The lowest BCUT2D eigenvalue weighted by Gasteiger charge is -2.31. The highest BCUT2D eigenvalue weighted by Crippen LogP contribution is 2.21. The van der Waals surface area contributed by atoms with Crippen molar-refractivity contribution in [2.45, 2.75) is 71.0 Å². The molecular formula is C19H27ClN2O2. The maximum atomic E-state index is 12.7. The van der Waals surface area contributed by atoms with Crippen molar-refractivity contribution in [1.29, 1.82) is 0 Å². The van der Waals surface area contributed by atoms with Crippen molar-refractivity contribution in [3.63, 3.8) is 0 Å². The van der Waals surface area contributed by atoms with E-state index >= 15 is 0 Å². The second kappa shape index (κ2) is 9.07. The average molecular weight is 351 g/mol. The van der Waals surface area contributed by atoms with Crippen LogP contribution in [0.4, 0.5) is 0 Å². The van der Waals surface area contributed by atoms with Gasteiger partial charge < -0.3 is 10.2 Å². The van der Waals surface area contributed by atoms with E-state index in [-0.39, 0.29) is 17.9 Å². The molecule has 2 amide bonds. The summed E-state index contributed by atoms with van der Waals surface area (Å²) in [6.45, 7) is 4.13. The molecule has 1 aromatic carbocycles. The second-order valence-corrected chi connectivity index (χ2v) is 6.79. The Morgan fingerprint density at radius 2 is 1.92 bits per heavy atom. The number of hydrogen-bond donors (Lipinski definition) is 1. The van der Waals surface area contributed by atoms with E-state index in [1.807, 2.05) is 38.1 Å². The van der Waals surface area contributed by atoms with Gasteiger partial charge in [0.15, 0.2) is 0 Å². The lowest BCUT2D eigenvalue weighted by molar-refractivity contribution is -0.141. The van der Waals surface area contributed by atoms with Crippen LogP contribution in [0.25, 0.3) is 0 Å². The summed E-state index contributed by atoms with van der Waals surface area (Å²) in [5, 5.41) is 3.75. The molecule has 4 nitrogen and oxygen atoms in total. The Balaban J connectivity index is 2.15. The zero-order chi connectivity index (χ0) is 17.5. The third kappa shape index (κ3) is 4.73. The largest absolute Gasteiger partial charge is 0.352 e. The van der Waals surface area contributed by atoms with Crippen molar-refractivity contribution in [1.82, 2.24) is 10.2 Å². The molecule has 0 bridgehead atoms. The zero-order valence-corrected chi connectivity index (χ0v) is 15.3. The molecule has 1 N–H and O–H groups in total. The van der Waals surface area contributed by atoms with Gasteiger partial charge in [0, 0.05) is 24.0 Å². The van der Waals surface area contributed by atoms with E-state index in [4.69, 9.17) is 11.6 Å². The minimum absolute atomic E-state index is 0.0247. The van der Waals surface area contributed by atoms with Crippen molar-refractivity contribution in [2.24, 2.45) is 0 Å². The van der Waals surface area contributed by atoms with Crippen molar-refractivity contribution >= 4 is 23.4 Å². The van der Waals surface area contributed by atoms with Crippen molar-refractivity contribution < 1.29 is 9.59 Å². The summed E-state index contributed by atoms with van der Waals surface area (Å²) in [5.41, 5.74) is 0.869. The Hall–Kier alpha value is -1.55. The van der Waals surface area contributed by atoms with Gasteiger partial charge in [-0.2, -0.15) is 0 Å². The molecule has 0 saturated heterocycles. The monoisotopic (exact) mass is 350 g/mol. The van der Waals surface area contributed by atoms with Crippen molar-refractivity contribution in [2.75, 3.05) is 0 Å². The number of amides is 2. The molecule has 0 radical (unpaired) electrons. The van der Waals surface area contributed by atoms with Gasteiger partial charge in [-0.15, -0.1) is 0 Å². The molecule has 2 rings (SSSR count). The van der Waals surface area contributed by atoms with Crippen LogP contribution in [0.15, 0.2) is 24.3 Å². The van der Waals surface area contributed by atoms with Crippen LogP contribution in [-0.2, 0) is 16.1 Å². The average Bonchev–Trinajstić information content (AvgIpc) is 3.08. The van der Waals surface area contributed by atoms with E-state index in [1.54, 1.807) is 4.90 Å². The molecule has 0 aromatic heterocycles. The second-order valence-electron chi connectivity index (χ2n) is 6.38. The van der Waals surface area contributed by atoms with E-state index in [0.29, 0.717) is 24.4 Å². The summed E-state index contributed by atoms with van der Waals surface area (Å²) in [6, 6.07) is 7.28. The number of halogens is 1. The minimum atomic E-state index is -0.450. The third-order valence-corrected chi connectivity index (χ3v) is 5.06. The Morgan fingerprint density at radius 1 is 1.25 bits per heavy atom. The van der Waals surface area contributed by atoms with Crippen LogP contribution in [0.2, 0.25) is 5.02 Å². The van der Waals surface area contributed by atoms with Crippen molar-refractivity contribution in [3.8, 4) is 0 Å². The summed E-state index contributed by atoms with van der Waals surface area (Å²) in [5.74, 6) is -0.0680. The first-order valence-corrected chi connectivity index (χ1v) is 9.27. The summed E-state index contributed by atoms with van der Waals surface area (Å²) < 4.78 is 0. The minimum Gasteiger partial charge on any atom is -0.352 e. The highest BCUT2D eigenvalue weighted by molar-refractivity contribution is 6.31. The first-order chi connectivity index (χ1) is 11.6. The molecule has 1 atom stereocenters. The van der Waals surface area contributed by atoms with Gasteiger partial charge in [-0.1, -0.05) is 56.5 Å². The summed E-state index contributed by atoms with van der Waals surface area (Å²) in [6.07, 6.45) is 5.37. The lowest BCUT2D eigenvalue weighted by Crippen LogP contribution is -2.50. The number of carbonyl (C=O) groups is 2. The van der Waals surface area contributed by atoms with Gasteiger partial charge in [-0.25, -0.2) is 0 Å². The van der Waals surface area contributed by atoms with E-state index in [2.05, 4.69) is 5.32 Å². The van der Waals surface area contributed by atoms with Gasteiger partial charge in [0.25, 0.3) is 0 Å². The van der Waals surface area contributed by atoms with Gasteiger partial charge in [-0.05, 0) is 30.9 Å². The molecule has 132 valence electrons. The number of carbonyl (C=O) groups excluding carboxylic acids is 2. The Kier molecular flexibility index (Phi) is 7.10. The van der Waals surface area contributed by atoms with Crippen LogP contribution >= 0.6 is 11.6 Å². The fraction of sp³-hybridized carbons (Fsp3) is 0.579. The Labute approximate surface area is 149 Å². The summed E-state index contributed by atoms with van der Waals surface area (Å²) in [7, 11) is 0. The lowest BCUT2D eigenvalue weighted by atomic mass is 10.1. The topological polar surface area (TPSA) is 49.4 Å². The van der Waals surface area contributed by atoms with Crippen molar-refractivity contribution in [3.05, 3.63) is 34.9 Å².